The van der Waals surface area contributed by atoms with Crippen LogP contribution in [0.4, 0.5) is 15.9 Å². The van der Waals surface area contributed by atoms with Crippen LogP contribution in [0, 0.1) is 10.1 Å². The zero-order chi connectivity index (χ0) is 9.14. The SMILES string of the molecule is O=[N+]([O-])c1ccc(Cl)cc1NF. The Balaban J connectivity index is 3.20. The number of nitrogens with zero attached hydrogens (tertiary/aromatic N) is 1. The van der Waals surface area contributed by atoms with Crippen molar-refractivity contribution in [1.82, 2.24) is 0 Å². The van der Waals surface area contributed by atoms with Gasteiger partial charge in [0, 0.05) is 11.1 Å². The van der Waals surface area contributed by atoms with E-state index in [2.05, 4.69) is 0 Å². The maximum absolute atomic E-state index is 11.9. The molecule has 1 aromatic rings. The largest absolute Gasteiger partial charge is 0.294 e. The second-order valence-corrected chi connectivity index (χ2v) is 2.45. The molecule has 4 nitrogen and oxygen atoms in total. The molecular weight excluding hydrogens is 187 g/mol. The molecule has 0 fully saturated rings. The van der Waals surface area contributed by atoms with E-state index in [0.29, 0.717) is 0 Å². The van der Waals surface area contributed by atoms with E-state index in [0.717, 1.165) is 12.1 Å². The molecule has 6 heteroatoms. The lowest BCUT2D eigenvalue weighted by Gasteiger charge is -1.98. The van der Waals surface area contributed by atoms with Crippen molar-refractivity contribution in [3.63, 3.8) is 0 Å². The molecule has 0 atom stereocenters. The average Bonchev–Trinajstić information content (AvgIpc) is 2.03. The lowest BCUT2D eigenvalue weighted by atomic mass is 10.3. The van der Waals surface area contributed by atoms with Crippen LogP contribution in [0.15, 0.2) is 18.2 Å². The predicted molar refractivity (Wildman–Crippen MR) is 42.8 cm³/mol. The van der Waals surface area contributed by atoms with Crippen LogP contribution in [0.2, 0.25) is 5.02 Å². The third-order valence-electron chi connectivity index (χ3n) is 1.26. The van der Waals surface area contributed by atoms with Crippen LogP contribution in [0.25, 0.3) is 0 Å². The first-order chi connectivity index (χ1) is 5.65. The van der Waals surface area contributed by atoms with E-state index in [1.54, 1.807) is 0 Å². The molecule has 1 aromatic carbocycles. The lowest BCUT2D eigenvalue weighted by molar-refractivity contribution is -0.384. The van der Waals surface area contributed by atoms with Gasteiger partial charge in [-0.25, -0.2) is 5.54 Å². The van der Waals surface area contributed by atoms with Gasteiger partial charge in [0.1, 0.15) is 5.69 Å². The first-order valence-electron chi connectivity index (χ1n) is 2.95. The lowest BCUT2D eigenvalue weighted by Crippen LogP contribution is -1.93. The highest BCUT2D eigenvalue weighted by atomic mass is 35.5. The standard InChI is InChI=1S/C6H4ClFN2O2/c7-4-1-2-6(10(11)12)5(3-4)9-8/h1-3,9H. The first-order valence-corrected chi connectivity index (χ1v) is 3.33. The number of rotatable bonds is 2. The van der Waals surface area contributed by atoms with E-state index in [1.807, 2.05) is 0 Å². The topological polar surface area (TPSA) is 55.2 Å². The fraction of sp³-hybridized carbons (Fsp3) is 0. The minimum atomic E-state index is -0.696. The van der Waals surface area contributed by atoms with E-state index >= 15 is 0 Å². The monoisotopic (exact) mass is 190 g/mol. The molecule has 12 heavy (non-hydrogen) atoms. The third-order valence-corrected chi connectivity index (χ3v) is 1.49. The number of nitro benzene ring substituents is 1. The molecule has 0 unspecified atom stereocenters. The Hall–Kier alpha value is -1.36. The highest BCUT2D eigenvalue weighted by Gasteiger charge is 2.12. The maximum Gasteiger partial charge on any atom is 0.294 e. The average molecular weight is 191 g/mol. The zero-order valence-corrected chi connectivity index (χ0v) is 6.51. The van der Waals surface area contributed by atoms with Crippen LogP contribution in [-0.2, 0) is 0 Å². The van der Waals surface area contributed by atoms with Crippen molar-refractivity contribution >= 4 is 23.0 Å². The molecule has 0 aromatic heterocycles. The third kappa shape index (κ3) is 1.62. The highest BCUT2D eigenvalue weighted by Crippen LogP contribution is 2.27. The molecular formula is C6H4ClFN2O2. The van der Waals surface area contributed by atoms with Gasteiger partial charge in [-0.3, -0.25) is 10.1 Å². The van der Waals surface area contributed by atoms with Gasteiger partial charge in [-0.05, 0) is 12.1 Å². The van der Waals surface area contributed by atoms with Crippen molar-refractivity contribution in [3.05, 3.63) is 33.3 Å². The second-order valence-electron chi connectivity index (χ2n) is 2.01. The summed E-state index contributed by atoms with van der Waals surface area (Å²) >= 11 is 5.47. The van der Waals surface area contributed by atoms with Gasteiger partial charge in [0.15, 0.2) is 0 Å². The van der Waals surface area contributed by atoms with Crippen molar-refractivity contribution in [2.45, 2.75) is 0 Å². The number of benzene rings is 1. The van der Waals surface area contributed by atoms with Crippen molar-refractivity contribution in [1.29, 1.82) is 0 Å². The number of nitro groups is 1. The minimum Gasteiger partial charge on any atom is -0.258 e. The summed E-state index contributed by atoms with van der Waals surface area (Å²) in [4.78, 5) is 9.55. The Morgan fingerprint density at radius 3 is 2.75 bits per heavy atom. The molecule has 0 spiro atoms. The molecule has 0 aliphatic rings. The molecule has 1 N–H and O–H groups in total. The van der Waals surface area contributed by atoms with E-state index in [1.165, 1.54) is 11.6 Å². The van der Waals surface area contributed by atoms with Crippen molar-refractivity contribution in [2.75, 3.05) is 5.54 Å². The minimum absolute atomic E-state index is 0.237. The van der Waals surface area contributed by atoms with Crippen molar-refractivity contribution in [3.8, 4) is 0 Å². The second kappa shape index (κ2) is 3.36. The molecule has 0 heterocycles. The quantitative estimate of drug-likeness (QED) is 0.443. The molecule has 0 saturated carbocycles. The predicted octanol–water partition coefficient (Wildman–Crippen LogP) is 2.54. The summed E-state index contributed by atoms with van der Waals surface area (Å²) < 4.78 is 11.9. The van der Waals surface area contributed by atoms with Crippen LogP contribution < -0.4 is 5.54 Å². The molecule has 64 valence electrons. The van der Waals surface area contributed by atoms with Crippen LogP contribution in [-0.4, -0.2) is 4.92 Å². The van der Waals surface area contributed by atoms with Crippen molar-refractivity contribution in [2.24, 2.45) is 0 Å². The maximum atomic E-state index is 11.9. The summed E-state index contributed by atoms with van der Waals surface area (Å²) in [6, 6.07) is 3.59. The molecule has 0 amide bonds. The fourth-order valence-electron chi connectivity index (χ4n) is 0.743. The fourth-order valence-corrected chi connectivity index (χ4v) is 0.915. The highest BCUT2D eigenvalue weighted by molar-refractivity contribution is 6.31. The van der Waals surface area contributed by atoms with E-state index < -0.39 is 4.92 Å². The number of anilines is 1. The van der Waals surface area contributed by atoms with Crippen LogP contribution >= 0.6 is 11.6 Å². The van der Waals surface area contributed by atoms with Crippen LogP contribution in [0.5, 0.6) is 0 Å². The van der Waals surface area contributed by atoms with Gasteiger partial charge in [0.25, 0.3) is 5.69 Å². The van der Waals surface area contributed by atoms with Gasteiger partial charge in [0.2, 0.25) is 0 Å². The van der Waals surface area contributed by atoms with Gasteiger partial charge >= 0.3 is 0 Å². The summed E-state index contributed by atoms with van der Waals surface area (Å²) in [5, 5.41) is 10.5. The smallest absolute Gasteiger partial charge is 0.258 e. The Morgan fingerprint density at radius 1 is 1.58 bits per heavy atom. The molecule has 1 rings (SSSR count). The van der Waals surface area contributed by atoms with Crippen LogP contribution in [0.3, 0.4) is 0 Å². The summed E-state index contributed by atoms with van der Waals surface area (Å²) in [6.45, 7) is 0. The van der Waals surface area contributed by atoms with E-state index in [9.17, 15) is 14.6 Å². The Kier molecular flexibility index (Phi) is 2.44. The van der Waals surface area contributed by atoms with Crippen molar-refractivity contribution < 1.29 is 9.40 Å². The van der Waals surface area contributed by atoms with Crippen LogP contribution in [0.1, 0.15) is 0 Å². The number of hydrogen-bond donors (Lipinski definition) is 1. The zero-order valence-electron chi connectivity index (χ0n) is 5.75. The summed E-state index contributed by atoms with van der Waals surface area (Å²) in [6.07, 6.45) is 0. The summed E-state index contributed by atoms with van der Waals surface area (Å²) in [7, 11) is 0. The Bertz CT molecular complexity index is 318. The van der Waals surface area contributed by atoms with Gasteiger partial charge in [-0.1, -0.05) is 11.6 Å². The van der Waals surface area contributed by atoms with Gasteiger partial charge in [-0.2, -0.15) is 0 Å². The molecule has 0 saturated heterocycles. The van der Waals surface area contributed by atoms with Gasteiger partial charge < -0.3 is 0 Å². The van der Waals surface area contributed by atoms with Gasteiger partial charge in [-0.15, -0.1) is 4.48 Å². The molecule has 0 radical (unpaired) electrons. The normalized spacial score (nSPS) is 9.50. The van der Waals surface area contributed by atoms with E-state index in [-0.39, 0.29) is 16.4 Å². The first kappa shape index (κ1) is 8.73. The molecule has 0 bridgehead atoms. The van der Waals surface area contributed by atoms with Gasteiger partial charge in [0.05, 0.1) is 4.92 Å². The Labute approximate surface area is 72.0 Å². The van der Waals surface area contributed by atoms with E-state index in [4.69, 9.17) is 11.6 Å². The number of nitrogens with one attached hydrogen (secondary N) is 1. The number of halogens is 2. The molecule has 0 aliphatic carbocycles. The number of hydrogen-bond acceptors (Lipinski definition) is 3. The summed E-state index contributed by atoms with van der Waals surface area (Å²) in [5.74, 6) is 0. The Morgan fingerprint density at radius 2 is 2.25 bits per heavy atom. The molecule has 0 aliphatic heterocycles. The summed E-state index contributed by atoms with van der Waals surface area (Å²) in [5.41, 5.74) is 0.603.